The van der Waals surface area contributed by atoms with Crippen LogP contribution in [0.15, 0.2) is 51.9 Å². The molecule has 2 aliphatic rings. The molecule has 0 radical (unpaired) electrons. The summed E-state index contributed by atoms with van der Waals surface area (Å²) in [6.07, 6.45) is 2.12. The highest BCUT2D eigenvalue weighted by Crippen LogP contribution is 2.43. The summed E-state index contributed by atoms with van der Waals surface area (Å²) >= 11 is 3.52. The summed E-state index contributed by atoms with van der Waals surface area (Å²) in [4.78, 5) is 19.3. The van der Waals surface area contributed by atoms with Crippen LogP contribution in [0.1, 0.15) is 23.1 Å². The molecule has 2 aromatic rings. The second kappa shape index (κ2) is 6.43. The zero-order chi connectivity index (χ0) is 18.3. The van der Waals surface area contributed by atoms with Crippen LogP contribution in [0, 0.1) is 0 Å². The highest BCUT2D eigenvalue weighted by atomic mass is 79.9. The number of aryl methyl sites for hydroxylation is 1. The van der Waals surface area contributed by atoms with Crippen molar-refractivity contribution in [3.8, 4) is 5.75 Å². The van der Waals surface area contributed by atoms with Crippen molar-refractivity contribution in [1.29, 1.82) is 0 Å². The van der Waals surface area contributed by atoms with Crippen LogP contribution in [0.25, 0.3) is 0 Å². The molecule has 2 heterocycles. The number of likely N-dealkylation sites (N-methyl/N-ethyl adjacent to an activating group) is 1. The predicted molar refractivity (Wildman–Crippen MR) is 104 cm³/mol. The number of hydrogen-bond acceptors (Lipinski definition) is 4. The first-order valence-electron chi connectivity index (χ1n) is 8.64. The number of ether oxygens (including phenoxy) is 1. The molecule has 0 saturated heterocycles. The van der Waals surface area contributed by atoms with Gasteiger partial charge in [0, 0.05) is 23.5 Å². The molecule has 1 spiro atoms. The first-order valence-corrected chi connectivity index (χ1v) is 9.44. The molecule has 2 N–H and O–H groups in total. The number of hydrogen-bond donors (Lipinski definition) is 1. The van der Waals surface area contributed by atoms with Crippen molar-refractivity contribution in [3.05, 3.63) is 63.6 Å². The van der Waals surface area contributed by atoms with Crippen LogP contribution < -0.4 is 10.5 Å². The average molecular weight is 414 g/mol. The Balaban J connectivity index is 1.88. The maximum absolute atomic E-state index is 13.2. The molecule has 0 aromatic heterocycles. The minimum atomic E-state index is -1.05. The molecule has 5 nitrogen and oxygen atoms in total. The monoisotopic (exact) mass is 413 g/mol. The zero-order valence-corrected chi connectivity index (χ0v) is 16.1. The van der Waals surface area contributed by atoms with E-state index in [1.807, 2.05) is 30.3 Å². The van der Waals surface area contributed by atoms with Crippen LogP contribution in [0.2, 0.25) is 0 Å². The SMILES string of the molecule is CN1C(=O)C2(CCc3ccccc3CCOc3ccc(Br)cc32)N=C1N. The van der Waals surface area contributed by atoms with Crippen molar-refractivity contribution < 1.29 is 9.53 Å². The van der Waals surface area contributed by atoms with Gasteiger partial charge in [0.2, 0.25) is 0 Å². The van der Waals surface area contributed by atoms with Gasteiger partial charge in [-0.2, -0.15) is 0 Å². The normalized spacial score (nSPS) is 22.5. The van der Waals surface area contributed by atoms with E-state index < -0.39 is 5.54 Å². The van der Waals surface area contributed by atoms with Crippen LogP contribution in [-0.2, 0) is 23.2 Å². The van der Waals surface area contributed by atoms with Gasteiger partial charge in [-0.05, 0) is 42.2 Å². The second-order valence-corrected chi connectivity index (χ2v) is 7.62. The highest BCUT2D eigenvalue weighted by molar-refractivity contribution is 9.10. The van der Waals surface area contributed by atoms with Gasteiger partial charge in [-0.15, -0.1) is 0 Å². The third-order valence-corrected chi connectivity index (χ3v) is 5.69. The summed E-state index contributed by atoms with van der Waals surface area (Å²) in [5.74, 6) is 0.815. The lowest BCUT2D eigenvalue weighted by atomic mass is 9.82. The lowest BCUT2D eigenvalue weighted by Gasteiger charge is -2.29. The van der Waals surface area contributed by atoms with Crippen LogP contribution in [0.3, 0.4) is 0 Å². The standard InChI is InChI=1S/C20H20BrN3O2/c1-24-18(25)20(23-19(24)22)10-8-13-4-2-3-5-14(13)9-11-26-17-7-6-15(21)12-16(17)20/h2-7,12H,8-11H2,1H3,(H2,22,23). The Hall–Kier alpha value is -2.34. The number of halogens is 1. The number of aliphatic imine (C=N–C) groups is 1. The Morgan fingerprint density at radius 3 is 2.62 bits per heavy atom. The molecule has 2 aliphatic heterocycles. The largest absolute Gasteiger partial charge is 0.493 e. The number of guanidine groups is 1. The van der Waals surface area contributed by atoms with E-state index in [-0.39, 0.29) is 11.9 Å². The fraction of sp³-hybridized carbons (Fsp3) is 0.300. The van der Waals surface area contributed by atoms with Crippen LogP contribution >= 0.6 is 15.9 Å². The summed E-state index contributed by atoms with van der Waals surface area (Å²) in [5, 5.41) is 0. The van der Waals surface area contributed by atoms with Crippen LogP contribution in [0.5, 0.6) is 5.75 Å². The highest BCUT2D eigenvalue weighted by Gasteiger charge is 2.49. The summed E-state index contributed by atoms with van der Waals surface area (Å²) in [6, 6.07) is 14.0. The first kappa shape index (κ1) is 17.1. The smallest absolute Gasteiger partial charge is 0.261 e. The van der Waals surface area contributed by atoms with Crippen LogP contribution in [0.4, 0.5) is 0 Å². The molecule has 134 valence electrons. The van der Waals surface area contributed by atoms with Crippen molar-refractivity contribution in [2.45, 2.75) is 24.8 Å². The minimum Gasteiger partial charge on any atom is -0.493 e. The Kier molecular flexibility index (Phi) is 4.23. The molecule has 2 aromatic carbocycles. The van der Waals surface area contributed by atoms with Gasteiger partial charge in [0.25, 0.3) is 5.91 Å². The van der Waals surface area contributed by atoms with E-state index in [0.29, 0.717) is 18.8 Å². The zero-order valence-electron chi connectivity index (χ0n) is 14.5. The Bertz CT molecular complexity index is 912. The Morgan fingerprint density at radius 2 is 1.92 bits per heavy atom. The molecular weight excluding hydrogens is 394 g/mol. The number of carbonyl (C=O) groups excluding carboxylic acids is 1. The Labute approximate surface area is 161 Å². The van der Waals surface area contributed by atoms with Gasteiger partial charge in [-0.1, -0.05) is 40.2 Å². The number of nitrogens with zero attached hydrogens (tertiary/aromatic N) is 2. The van der Waals surface area contributed by atoms with Gasteiger partial charge >= 0.3 is 0 Å². The molecule has 0 fully saturated rings. The van der Waals surface area contributed by atoms with Gasteiger partial charge in [-0.3, -0.25) is 9.69 Å². The fourth-order valence-corrected chi connectivity index (χ4v) is 4.12. The van der Waals surface area contributed by atoms with E-state index >= 15 is 0 Å². The van der Waals surface area contributed by atoms with E-state index in [9.17, 15) is 4.79 Å². The summed E-state index contributed by atoms with van der Waals surface area (Å²) < 4.78 is 6.96. The molecule has 0 saturated carbocycles. The summed E-state index contributed by atoms with van der Waals surface area (Å²) in [7, 11) is 1.67. The molecule has 0 bridgehead atoms. The molecule has 4 rings (SSSR count). The molecule has 6 heteroatoms. The fourth-order valence-electron chi connectivity index (χ4n) is 3.76. The van der Waals surface area contributed by atoms with E-state index in [0.717, 1.165) is 22.9 Å². The third-order valence-electron chi connectivity index (χ3n) is 5.20. The topological polar surface area (TPSA) is 67.9 Å². The maximum Gasteiger partial charge on any atom is 0.261 e. The van der Waals surface area contributed by atoms with Crippen molar-refractivity contribution in [2.24, 2.45) is 10.7 Å². The van der Waals surface area contributed by atoms with Gasteiger partial charge < -0.3 is 10.5 Å². The molecule has 1 amide bonds. The average Bonchev–Trinajstić information content (AvgIpc) is 2.86. The van der Waals surface area contributed by atoms with Gasteiger partial charge in [0.15, 0.2) is 11.5 Å². The number of rotatable bonds is 0. The quantitative estimate of drug-likeness (QED) is 0.721. The molecule has 1 atom stereocenters. The molecule has 26 heavy (non-hydrogen) atoms. The van der Waals surface area contributed by atoms with E-state index in [1.54, 1.807) is 7.05 Å². The van der Waals surface area contributed by atoms with Gasteiger partial charge in [0.1, 0.15) is 5.75 Å². The van der Waals surface area contributed by atoms with Crippen molar-refractivity contribution in [1.82, 2.24) is 4.90 Å². The number of nitrogens with two attached hydrogens (primary N) is 1. The molecule has 1 unspecified atom stereocenters. The minimum absolute atomic E-state index is 0.115. The number of amides is 1. The maximum atomic E-state index is 13.2. The van der Waals surface area contributed by atoms with E-state index in [1.165, 1.54) is 16.0 Å². The number of fused-ring (bicyclic) bond motifs is 3. The lowest BCUT2D eigenvalue weighted by molar-refractivity contribution is -0.130. The molecular formula is C20H20BrN3O2. The lowest BCUT2D eigenvalue weighted by Crippen LogP contribution is -2.41. The Morgan fingerprint density at radius 1 is 1.19 bits per heavy atom. The van der Waals surface area contributed by atoms with Crippen molar-refractivity contribution in [3.63, 3.8) is 0 Å². The molecule has 0 aliphatic carbocycles. The predicted octanol–water partition coefficient (Wildman–Crippen LogP) is 3.00. The van der Waals surface area contributed by atoms with E-state index in [4.69, 9.17) is 10.5 Å². The van der Waals surface area contributed by atoms with Crippen LogP contribution in [-0.4, -0.2) is 30.4 Å². The van der Waals surface area contributed by atoms with E-state index in [2.05, 4.69) is 33.1 Å². The number of carbonyl (C=O) groups is 1. The number of benzene rings is 2. The van der Waals surface area contributed by atoms with Gasteiger partial charge in [0.05, 0.1) is 6.61 Å². The summed E-state index contributed by atoms with van der Waals surface area (Å²) in [6.45, 7) is 0.547. The van der Waals surface area contributed by atoms with Crippen molar-refractivity contribution >= 4 is 27.8 Å². The second-order valence-electron chi connectivity index (χ2n) is 6.70. The van der Waals surface area contributed by atoms with Crippen molar-refractivity contribution in [2.75, 3.05) is 13.7 Å². The first-order chi connectivity index (χ1) is 12.5. The van der Waals surface area contributed by atoms with Gasteiger partial charge in [-0.25, -0.2) is 4.99 Å². The summed E-state index contributed by atoms with van der Waals surface area (Å²) in [5.41, 5.74) is 8.22. The third kappa shape index (κ3) is 2.69.